The topological polar surface area (TPSA) is 52.3 Å². The molecule has 1 saturated carbocycles. The minimum atomic E-state index is -0.594. The Morgan fingerprint density at radius 2 is 2.10 bits per heavy atom. The molecule has 0 saturated heterocycles. The molecular formula is C16H22FNO2. The second-order valence-corrected chi connectivity index (χ2v) is 5.60. The Morgan fingerprint density at radius 3 is 2.80 bits per heavy atom. The van der Waals surface area contributed by atoms with Crippen LogP contribution in [0.2, 0.25) is 0 Å². The van der Waals surface area contributed by atoms with Gasteiger partial charge < -0.3 is 10.5 Å². The number of benzene rings is 1. The molecule has 110 valence electrons. The SMILES string of the molecule is CCC1CCCCC1OC(=O)c1cc(N)cc(C)c1F. The largest absolute Gasteiger partial charge is 0.458 e. The maximum atomic E-state index is 14.0. The number of hydrogen-bond donors (Lipinski definition) is 1. The number of halogens is 1. The van der Waals surface area contributed by atoms with E-state index in [9.17, 15) is 9.18 Å². The summed E-state index contributed by atoms with van der Waals surface area (Å²) in [5.41, 5.74) is 6.37. The standard InChI is InChI=1S/C16H22FNO2/c1-3-11-6-4-5-7-14(11)20-16(19)13-9-12(18)8-10(2)15(13)17/h8-9,11,14H,3-7,18H2,1-2H3. The fourth-order valence-electron chi connectivity index (χ4n) is 2.94. The summed E-state index contributed by atoms with van der Waals surface area (Å²) in [7, 11) is 0. The highest BCUT2D eigenvalue weighted by molar-refractivity contribution is 5.91. The molecule has 0 aliphatic heterocycles. The summed E-state index contributed by atoms with van der Waals surface area (Å²) >= 11 is 0. The maximum Gasteiger partial charge on any atom is 0.341 e. The van der Waals surface area contributed by atoms with E-state index in [1.54, 1.807) is 6.92 Å². The van der Waals surface area contributed by atoms with Crippen LogP contribution < -0.4 is 5.73 Å². The zero-order valence-electron chi connectivity index (χ0n) is 12.1. The fraction of sp³-hybridized carbons (Fsp3) is 0.562. The monoisotopic (exact) mass is 279 g/mol. The molecule has 0 spiro atoms. The first-order valence-electron chi connectivity index (χ1n) is 7.29. The number of ether oxygens (including phenoxy) is 1. The summed E-state index contributed by atoms with van der Waals surface area (Å²) < 4.78 is 19.5. The lowest BCUT2D eigenvalue weighted by atomic mass is 9.85. The van der Waals surface area contributed by atoms with E-state index in [2.05, 4.69) is 6.92 Å². The molecule has 0 radical (unpaired) electrons. The van der Waals surface area contributed by atoms with E-state index in [1.165, 1.54) is 18.6 Å². The Hall–Kier alpha value is -1.58. The van der Waals surface area contributed by atoms with Gasteiger partial charge in [0.15, 0.2) is 0 Å². The maximum absolute atomic E-state index is 14.0. The lowest BCUT2D eigenvalue weighted by Crippen LogP contribution is -2.30. The van der Waals surface area contributed by atoms with Crippen LogP contribution in [-0.4, -0.2) is 12.1 Å². The van der Waals surface area contributed by atoms with Crippen molar-refractivity contribution < 1.29 is 13.9 Å². The first-order valence-corrected chi connectivity index (χ1v) is 7.29. The van der Waals surface area contributed by atoms with E-state index in [1.807, 2.05) is 0 Å². The van der Waals surface area contributed by atoms with Crippen LogP contribution in [0.5, 0.6) is 0 Å². The summed E-state index contributed by atoms with van der Waals surface area (Å²) in [5.74, 6) is -0.741. The van der Waals surface area contributed by atoms with Crippen molar-refractivity contribution in [1.82, 2.24) is 0 Å². The van der Waals surface area contributed by atoms with Gasteiger partial charge in [0.05, 0.1) is 5.56 Å². The molecule has 0 bridgehead atoms. The summed E-state index contributed by atoms with van der Waals surface area (Å²) in [5, 5.41) is 0. The number of carbonyl (C=O) groups excluding carboxylic acids is 1. The molecule has 0 amide bonds. The van der Waals surface area contributed by atoms with Gasteiger partial charge in [-0.25, -0.2) is 9.18 Å². The lowest BCUT2D eigenvalue weighted by Gasteiger charge is -2.30. The van der Waals surface area contributed by atoms with Crippen molar-refractivity contribution in [2.24, 2.45) is 5.92 Å². The van der Waals surface area contributed by atoms with Crippen molar-refractivity contribution in [2.45, 2.75) is 52.1 Å². The van der Waals surface area contributed by atoms with Gasteiger partial charge in [-0.05, 0) is 56.2 Å². The number of rotatable bonds is 3. The molecule has 3 nitrogen and oxygen atoms in total. The Balaban J connectivity index is 2.15. The van der Waals surface area contributed by atoms with Gasteiger partial charge in [-0.1, -0.05) is 13.3 Å². The number of nitrogen functional groups attached to an aromatic ring is 1. The quantitative estimate of drug-likeness (QED) is 0.675. The van der Waals surface area contributed by atoms with E-state index in [0.29, 0.717) is 17.2 Å². The number of aryl methyl sites for hydroxylation is 1. The van der Waals surface area contributed by atoms with Gasteiger partial charge >= 0.3 is 5.97 Å². The number of carbonyl (C=O) groups is 1. The van der Waals surface area contributed by atoms with E-state index < -0.39 is 11.8 Å². The molecule has 0 heterocycles. The molecule has 2 atom stereocenters. The Kier molecular flexibility index (Phi) is 4.63. The van der Waals surface area contributed by atoms with Gasteiger partial charge in [0, 0.05) is 5.69 Å². The summed E-state index contributed by atoms with van der Waals surface area (Å²) in [6.45, 7) is 3.69. The summed E-state index contributed by atoms with van der Waals surface area (Å²) in [6.07, 6.45) is 5.07. The molecule has 20 heavy (non-hydrogen) atoms. The third kappa shape index (κ3) is 3.11. The molecule has 2 rings (SSSR count). The van der Waals surface area contributed by atoms with Crippen LogP contribution in [0.25, 0.3) is 0 Å². The minimum absolute atomic E-state index is 0.0528. The molecule has 4 heteroatoms. The van der Waals surface area contributed by atoms with Crippen LogP contribution in [0.4, 0.5) is 10.1 Å². The first-order chi connectivity index (χ1) is 9.52. The molecule has 1 aliphatic rings. The van der Waals surface area contributed by atoms with Crippen LogP contribution in [0, 0.1) is 18.7 Å². The van der Waals surface area contributed by atoms with Crippen LogP contribution >= 0.6 is 0 Å². The third-order valence-corrected chi connectivity index (χ3v) is 4.12. The van der Waals surface area contributed by atoms with Gasteiger partial charge in [0.2, 0.25) is 0 Å². The molecule has 2 unspecified atom stereocenters. The van der Waals surface area contributed by atoms with Gasteiger partial charge in [-0.3, -0.25) is 0 Å². The highest BCUT2D eigenvalue weighted by Crippen LogP contribution is 2.30. The van der Waals surface area contributed by atoms with Gasteiger partial charge in [0.25, 0.3) is 0 Å². The van der Waals surface area contributed by atoms with Crippen molar-refractivity contribution in [3.8, 4) is 0 Å². The molecule has 0 aromatic heterocycles. The number of anilines is 1. The highest BCUT2D eigenvalue weighted by Gasteiger charge is 2.28. The highest BCUT2D eigenvalue weighted by atomic mass is 19.1. The molecule has 1 fully saturated rings. The predicted molar refractivity (Wildman–Crippen MR) is 77.0 cm³/mol. The average Bonchev–Trinajstić information content (AvgIpc) is 2.43. The van der Waals surface area contributed by atoms with Crippen molar-refractivity contribution in [1.29, 1.82) is 0 Å². The molecule has 1 aromatic carbocycles. The summed E-state index contributed by atoms with van der Waals surface area (Å²) in [4.78, 5) is 12.2. The van der Waals surface area contributed by atoms with Crippen molar-refractivity contribution in [3.63, 3.8) is 0 Å². The van der Waals surface area contributed by atoms with Crippen LogP contribution in [0.1, 0.15) is 54.9 Å². The summed E-state index contributed by atoms with van der Waals surface area (Å²) in [6, 6.07) is 2.87. The smallest absolute Gasteiger partial charge is 0.341 e. The molecule has 2 N–H and O–H groups in total. The molecule has 1 aromatic rings. The number of hydrogen-bond acceptors (Lipinski definition) is 3. The van der Waals surface area contributed by atoms with E-state index in [4.69, 9.17) is 10.5 Å². The van der Waals surface area contributed by atoms with Gasteiger partial charge in [-0.2, -0.15) is 0 Å². The van der Waals surface area contributed by atoms with E-state index in [-0.39, 0.29) is 11.7 Å². The van der Waals surface area contributed by atoms with Crippen molar-refractivity contribution >= 4 is 11.7 Å². The molecule has 1 aliphatic carbocycles. The van der Waals surface area contributed by atoms with Gasteiger partial charge in [-0.15, -0.1) is 0 Å². The third-order valence-electron chi connectivity index (χ3n) is 4.12. The van der Waals surface area contributed by atoms with Crippen molar-refractivity contribution in [3.05, 3.63) is 29.1 Å². The lowest BCUT2D eigenvalue weighted by molar-refractivity contribution is 0.000265. The second-order valence-electron chi connectivity index (χ2n) is 5.60. The zero-order valence-corrected chi connectivity index (χ0v) is 12.1. The average molecular weight is 279 g/mol. The second kappa shape index (κ2) is 6.25. The van der Waals surface area contributed by atoms with Crippen LogP contribution in [-0.2, 0) is 4.74 Å². The van der Waals surface area contributed by atoms with Gasteiger partial charge in [0.1, 0.15) is 11.9 Å². The Bertz CT molecular complexity index is 501. The van der Waals surface area contributed by atoms with Crippen LogP contribution in [0.3, 0.4) is 0 Å². The predicted octanol–water partition coefficient (Wildman–Crippen LogP) is 3.84. The van der Waals surface area contributed by atoms with Crippen molar-refractivity contribution in [2.75, 3.05) is 5.73 Å². The number of nitrogens with two attached hydrogens (primary N) is 1. The fourth-order valence-corrected chi connectivity index (χ4v) is 2.94. The normalized spacial score (nSPS) is 22.6. The zero-order chi connectivity index (χ0) is 14.7. The Labute approximate surface area is 119 Å². The number of esters is 1. The molecular weight excluding hydrogens is 257 g/mol. The van der Waals surface area contributed by atoms with Crippen LogP contribution in [0.15, 0.2) is 12.1 Å². The van der Waals surface area contributed by atoms with E-state index in [0.717, 1.165) is 25.7 Å². The Morgan fingerprint density at radius 1 is 1.40 bits per heavy atom. The minimum Gasteiger partial charge on any atom is -0.458 e. The first kappa shape index (κ1) is 14.8. The van der Waals surface area contributed by atoms with E-state index >= 15 is 0 Å².